The Hall–Kier alpha value is -3.98. The van der Waals surface area contributed by atoms with E-state index >= 15 is 0 Å². The first kappa shape index (κ1) is 23.2. The van der Waals surface area contributed by atoms with Gasteiger partial charge in [0, 0.05) is 0 Å². The average Bonchev–Trinajstić information content (AvgIpc) is 3.05. The Bertz CT molecular complexity index is 1380. The Labute approximate surface area is 196 Å². The first-order chi connectivity index (χ1) is 16.2. The van der Waals surface area contributed by atoms with Gasteiger partial charge in [-0.2, -0.15) is 8.42 Å². The second-order valence-electron chi connectivity index (χ2n) is 7.75. The van der Waals surface area contributed by atoms with Crippen molar-refractivity contribution in [3.63, 3.8) is 0 Å². The van der Waals surface area contributed by atoms with Crippen LogP contribution in [-0.4, -0.2) is 44.3 Å². The van der Waals surface area contributed by atoms with Crippen molar-refractivity contribution in [1.82, 2.24) is 4.90 Å². The van der Waals surface area contributed by atoms with Gasteiger partial charge < -0.3 is 8.92 Å². The number of rotatable bonds is 7. The fraction of sp³-hybridized carbons (Fsp3) is 0.160. The number of para-hydroxylation sites is 1. The summed E-state index contributed by atoms with van der Waals surface area (Å²) in [7, 11) is -4.21. The summed E-state index contributed by atoms with van der Waals surface area (Å²) in [6.45, 7) is 3.01. The van der Waals surface area contributed by atoms with Crippen LogP contribution in [0.3, 0.4) is 0 Å². The molecular formula is C25H21NO7S. The number of carbonyl (C=O) groups excluding carboxylic acids is 3. The third kappa shape index (κ3) is 4.42. The van der Waals surface area contributed by atoms with Crippen molar-refractivity contribution in [2.24, 2.45) is 0 Å². The van der Waals surface area contributed by atoms with Crippen molar-refractivity contribution in [3.05, 3.63) is 94.5 Å². The largest absolute Gasteiger partial charge is 0.460 e. The molecule has 0 saturated carbocycles. The van der Waals surface area contributed by atoms with Crippen molar-refractivity contribution in [1.29, 1.82) is 0 Å². The average molecular weight is 480 g/mol. The molecule has 0 atom stereocenters. The predicted octanol–water partition coefficient (Wildman–Crippen LogP) is 3.52. The topological polar surface area (TPSA) is 107 Å². The zero-order chi connectivity index (χ0) is 24.5. The van der Waals surface area contributed by atoms with Crippen LogP contribution in [0.15, 0.2) is 71.6 Å². The summed E-state index contributed by atoms with van der Waals surface area (Å²) in [5.41, 5.74) is 1.75. The Morgan fingerprint density at radius 3 is 2.18 bits per heavy atom. The number of hydrogen-bond donors (Lipinski definition) is 0. The maximum atomic E-state index is 12.9. The molecule has 0 unspecified atom stereocenters. The molecule has 0 radical (unpaired) electrons. The van der Waals surface area contributed by atoms with Gasteiger partial charge in [-0.25, -0.2) is 4.79 Å². The molecule has 3 aromatic carbocycles. The van der Waals surface area contributed by atoms with Crippen LogP contribution in [-0.2, 0) is 14.9 Å². The van der Waals surface area contributed by atoms with E-state index in [1.165, 1.54) is 30.3 Å². The lowest BCUT2D eigenvalue weighted by Crippen LogP contribution is -2.33. The molecule has 9 heteroatoms. The zero-order valence-corrected chi connectivity index (χ0v) is 19.3. The van der Waals surface area contributed by atoms with Crippen molar-refractivity contribution in [2.45, 2.75) is 18.7 Å². The summed E-state index contributed by atoms with van der Waals surface area (Å²) in [5.74, 6) is -1.95. The molecule has 0 fully saturated rings. The second kappa shape index (κ2) is 9.11. The van der Waals surface area contributed by atoms with E-state index in [1.807, 2.05) is 0 Å². The Morgan fingerprint density at radius 1 is 0.882 bits per heavy atom. The van der Waals surface area contributed by atoms with Gasteiger partial charge in [-0.15, -0.1) is 0 Å². The minimum atomic E-state index is -4.21. The number of nitrogens with zero attached hydrogens (tertiary/aromatic N) is 1. The van der Waals surface area contributed by atoms with Crippen LogP contribution in [0.4, 0.5) is 0 Å². The molecule has 1 aliphatic heterocycles. The highest BCUT2D eigenvalue weighted by Gasteiger charge is 2.35. The fourth-order valence-electron chi connectivity index (χ4n) is 3.60. The van der Waals surface area contributed by atoms with Crippen LogP contribution in [0.2, 0.25) is 0 Å². The van der Waals surface area contributed by atoms with Gasteiger partial charge >= 0.3 is 16.1 Å². The number of hydrogen-bond acceptors (Lipinski definition) is 7. The van der Waals surface area contributed by atoms with Crippen LogP contribution < -0.4 is 4.18 Å². The summed E-state index contributed by atoms with van der Waals surface area (Å²) >= 11 is 0. The van der Waals surface area contributed by atoms with Gasteiger partial charge in [0.2, 0.25) is 0 Å². The Morgan fingerprint density at radius 2 is 1.50 bits per heavy atom. The van der Waals surface area contributed by atoms with Gasteiger partial charge in [-0.3, -0.25) is 14.5 Å². The van der Waals surface area contributed by atoms with E-state index in [0.29, 0.717) is 16.7 Å². The molecule has 8 nitrogen and oxygen atoms in total. The quantitative estimate of drug-likeness (QED) is 0.290. The summed E-state index contributed by atoms with van der Waals surface area (Å²) < 4.78 is 36.2. The number of amides is 2. The maximum absolute atomic E-state index is 12.9. The van der Waals surface area contributed by atoms with Crippen LogP contribution in [0.1, 0.15) is 42.2 Å². The molecule has 0 aromatic heterocycles. The van der Waals surface area contributed by atoms with E-state index in [2.05, 4.69) is 0 Å². The van der Waals surface area contributed by atoms with Gasteiger partial charge in [-0.05, 0) is 55.3 Å². The molecule has 1 aliphatic rings. The van der Waals surface area contributed by atoms with Crippen LogP contribution in [0, 0.1) is 13.8 Å². The highest BCUT2D eigenvalue weighted by atomic mass is 32.2. The SMILES string of the molecule is Cc1ccc(C)c(S(=O)(=O)Oc2ccccc2C(=O)OCCN2C(=O)c3ccccc3C2=O)c1. The summed E-state index contributed by atoms with van der Waals surface area (Å²) in [4.78, 5) is 38.5. The fourth-order valence-corrected chi connectivity index (χ4v) is 4.86. The van der Waals surface area contributed by atoms with Gasteiger partial charge in [-0.1, -0.05) is 36.4 Å². The second-order valence-corrected chi connectivity index (χ2v) is 9.26. The van der Waals surface area contributed by atoms with E-state index in [1.54, 1.807) is 50.2 Å². The van der Waals surface area contributed by atoms with E-state index in [9.17, 15) is 22.8 Å². The van der Waals surface area contributed by atoms with E-state index < -0.39 is 27.9 Å². The minimum Gasteiger partial charge on any atom is -0.460 e. The number of esters is 1. The Kier molecular flexibility index (Phi) is 6.21. The summed E-state index contributed by atoms with van der Waals surface area (Å²) in [6.07, 6.45) is 0. The molecule has 0 bridgehead atoms. The molecule has 0 aliphatic carbocycles. The monoisotopic (exact) mass is 479 g/mol. The standard InChI is InChI=1S/C25H21NO7S/c1-16-11-12-17(2)22(15-16)34(30,31)33-21-10-6-5-9-20(21)25(29)32-14-13-26-23(27)18-7-3-4-8-19(18)24(26)28/h3-12,15H,13-14H2,1-2H3. The number of ether oxygens (including phenoxy) is 1. The Balaban J connectivity index is 1.46. The van der Waals surface area contributed by atoms with Gasteiger partial charge in [0.1, 0.15) is 17.1 Å². The molecule has 4 rings (SSSR count). The third-order valence-electron chi connectivity index (χ3n) is 5.35. The highest BCUT2D eigenvalue weighted by molar-refractivity contribution is 7.87. The van der Waals surface area contributed by atoms with E-state index in [-0.39, 0.29) is 29.4 Å². The van der Waals surface area contributed by atoms with Crippen molar-refractivity contribution in [2.75, 3.05) is 13.2 Å². The first-order valence-electron chi connectivity index (χ1n) is 10.4. The van der Waals surface area contributed by atoms with Gasteiger partial charge in [0.15, 0.2) is 5.75 Å². The summed E-state index contributed by atoms with van der Waals surface area (Å²) in [6, 6.07) is 17.2. The molecule has 34 heavy (non-hydrogen) atoms. The number of aryl methyl sites for hydroxylation is 2. The third-order valence-corrected chi connectivity index (χ3v) is 6.72. The number of carbonyl (C=O) groups is 3. The molecule has 0 N–H and O–H groups in total. The molecule has 0 saturated heterocycles. The lowest BCUT2D eigenvalue weighted by atomic mass is 10.1. The van der Waals surface area contributed by atoms with Crippen molar-refractivity contribution in [3.8, 4) is 5.75 Å². The van der Waals surface area contributed by atoms with Crippen LogP contribution >= 0.6 is 0 Å². The molecule has 174 valence electrons. The first-order valence-corrected chi connectivity index (χ1v) is 11.8. The van der Waals surface area contributed by atoms with Crippen molar-refractivity contribution < 1.29 is 31.7 Å². The molecule has 1 heterocycles. The lowest BCUT2D eigenvalue weighted by Gasteiger charge is -2.15. The predicted molar refractivity (Wildman–Crippen MR) is 122 cm³/mol. The molecule has 0 spiro atoms. The lowest BCUT2D eigenvalue weighted by molar-refractivity contribution is 0.0419. The smallest absolute Gasteiger partial charge is 0.342 e. The zero-order valence-electron chi connectivity index (χ0n) is 18.5. The van der Waals surface area contributed by atoms with Gasteiger partial charge in [0.05, 0.1) is 17.7 Å². The molecule has 3 aromatic rings. The highest BCUT2D eigenvalue weighted by Crippen LogP contribution is 2.26. The van der Waals surface area contributed by atoms with Crippen LogP contribution in [0.25, 0.3) is 0 Å². The normalized spacial score (nSPS) is 13.1. The summed E-state index contributed by atoms with van der Waals surface area (Å²) in [5, 5.41) is 0. The molecule has 2 amide bonds. The van der Waals surface area contributed by atoms with E-state index in [4.69, 9.17) is 8.92 Å². The van der Waals surface area contributed by atoms with E-state index in [0.717, 1.165) is 10.5 Å². The maximum Gasteiger partial charge on any atom is 0.342 e. The number of benzene rings is 3. The van der Waals surface area contributed by atoms with Gasteiger partial charge in [0.25, 0.3) is 11.8 Å². The van der Waals surface area contributed by atoms with Crippen molar-refractivity contribution >= 4 is 27.9 Å². The van der Waals surface area contributed by atoms with Crippen LogP contribution in [0.5, 0.6) is 5.75 Å². The number of fused-ring (bicyclic) bond motifs is 1. The number of imide groups is 1. The minimum absolute atomic E-state index is 0.00120. The molecular weight excluding hydrogens is 458 g/mol.